The molecule has 0 spiro atoms. The normalized spacial score (nSPS) is 14.6. The fourth-order valence-corrected chi connectivity index (χ4v) is 2.58. The van der Waals surface area contributed by atoms with Crippen LogP contribution in [0.5, 0.6) is 0 Å². The van der Waals surface area contributed by atoms with E-state index in [1.165, 1.54) is 6.20 Å². The Morgan fingerprint density at radius 3 is 2.46 bits per heavy atom. The number of rotatable bonds is 13. The summed E-state index contributed by atoms with van der Waals surface area (Å²) in [5.41, 5.74) is 0.999. The molecular formula is C26H34F3N5O. The number of nitriles is 1. The second-order valence-corrected chi connectivity index (χ2v) is 7.19. The van der Waals surface area contributed by atoms with Crippen molar-refractivity contribution in [3.05, 3.63) is 83.2 Å². The lowest BCUT2D eigenvalue weighted by Crippen LogP contribution is -2.41. The van der Waals surface area contributed by atoms with E-state index in [0.29, 0.717) is 31.1 Å². The number of carbonyl (C=O) groups is 1. The van der Waals surface area contributed by atoms with Gasteiger partial charge < -0.3 is 10.6 Å². The van der Waals surface area contributed by atoms with E-state index < -0.39 is 17.8 Å². The smallest absolute Gasteiger partial charge is 0.264 e. The van der Waals surface area contributed by atoms with E-state index in [9.17, 15) is 18.0 Å². The molecule has 0 saturated heterocycles. The van der Waals surface area contributed by atoms with Crippen molar-refractivity contribution in [2.45, 2.75) is 47.5 Å². The molecule has 0 bridgehead atoms. The van der Waals surface area contributed by atoms with Gasteiger partial charge in [-0.25, -0.2) is 18.2 Å². The predicted octanol–water partition coefficient (Wildman–Crippen LogP) is 5.80. The average molecular weight is 490 g/mol. The zero-order valence-corrected chi connectivity index (χ0v) is 20.9. The third kappa shape index (κ3) is 13.5. The molecule has 0 aromatic heterocycles. The Balaban J connectivity index is 6.44. The highest BCUT2D eigenvalue weighted by Crippen LogP contribution is 2.20. The van der Waals surface area contributed by atoms with Crippen LogP contribution in [0.25, 0.3) is 0 Å². The lowest BCUT2D eigenvalue weighted by Gasteiger charge is -2.22. The first-order chi connectivity index (χ1) is 16.7. The summed E-state index contributed by atoms with van der Waals surface area (Å²) in [6, 6.07) is 1.72. The number of hydrogen-bond donors (Lipinski definition) is 2. The number of nitrogens with zero attached hydrogens (tertiary/aromatic N) is 3. The number of nitrogens with one attached hydrogen (secondary N) is 2. The van der Waals surface area contributed by atoms with Gasteiger partial charge in [-0.05, 0) is 57.9 Å². The third-order valence-corrected chi connectivity index (χ3v) is 4.35. The zero-order chi connectivity index (χ0) is 26.6. The van der Waals surface area contributed by atoms with Gasteiger partial charge in [-0.1, -0.05) is 30.7 Å². The number of guanidine groups is 1. The molecular weight excluding hydrogens is 455 g/mol. The van der Waals surface area contributed by atoms with Crippen LogP contribution in [0.3, 0.4) is 0 Å². The van der Waals surface area contributed by atoms with Crippen LogP contribution in [0.4, 0.5) is 13.2 Å². The minimum atomic E-state index is -3.03. The van der Waals surface area contributed by atoms with E-state index in [1.54, 1.807) is 24.4 Å². The Hall–Kier alpha value is -3.80. The van der Waals surface area contributed by atoms with Crippen LogP contribution in [0.1, 0.15) is 41.0 Å². The van der Waals surface area contributed by atoms with E-state index in [2.05, 4.69) is 15.6 Å². The SMILES string of the molecule is C/C=C\C(=C/CC)NC(=N/C=C/NC/C(C)=C\C)N(C=O)CC(/C=C/C#N)=C(/C=C(\C)F)C(F)F. The first kappa shape index (κ1) is 31.2. The van der Waals surface area contributed by atoms with Crippen molar-refractivity contribution in [1.82, 2.24) is 15.5 Å². The van der Waals surface area contributed by atoms with Crippen molar-refractivity contribution in [3.8, 4) is 6.07 Å². The highest BCUT2D eigenvalue weighted by Gasteiger charge is 2.19. The second kappa shape index (κ2) is 18.6. The van der Waals surface area contributed by atoms with Gasteiger partial charge in [0.05, 0.1) is 18.4 Å². The highest BCUT2D eigenvalue weighted by atomic mass is 19.3. The molecule has 2 N–H and O–H groups in total. The van der Waals surface area contributed by atoms with Crippen molar-refractivity contribution >= 4 is 12.4 Å². The lowest BCUT2D eigenvalue weighted by molar-refractivity contribution is -0.114. The Labute approximate surface area is 206 Å². The van der Waals surface area contributed by atoms with Crippen molar-refractivity contribution in [1.29, 1.82) is 5.26 Å². The largest absolute Gasteiger partial charge is 0.386 e. The summed E-state index contributed by atoms with van der Waals surface area (Å²) in [6.45, 7) is 8.88. The molecule has 190 valence electrons. The van der Waals surface area contributed by atoms with Crippen molar-refractivity contribution < 1.29 is 18.0 Å². The number of carbonyl (C=O) groups excluding carboxylic acids is 1. The van der Waals surface area contributed by atoms with Gasteiger partial charge in [-0.2, -0.15) is 5.26 Å². The maximum absolute atomic E-state index is 13.7. The van der Waals surface area contributed by atoms with Gasteiger partial charge in [-0.15, -0.1) is 0 Å². The first-order valence-corrected chi connectivity index (χ1v) is 11.0. The lowest BCUT2D eigenvalue weighted by atomic mass is 10.1. The van der Waals surface area contributed by atoms with Gasteiger partial charge in [0.15, 0.2) is 0 Å². The summed E-state index contributed by atoms with van der Waals surface area (Å²) in [7, 11) is 0. The van der Waals surface area contributed by atoms with Crippen LogP contribution in [-0.2, 0) is 4.79 Å². The summed E-state index contributed by atoms with van der Waals surface area (Å²) >= 11 is 0. The molecule has 9 heteroatoms. The molecule has 0 aromatic carbocycles. The van der Waals surface area contributed by atoms with Crippen LogP contribution in [0.2, 0.25) is 0 Å². The van der Waals surface area contributed by atoms with Gasteiger partial charge >= 0.3 is 0 Å². The summed E-state index contributed by atoms with van der Waals surface area (Å²) in [6.07, 6.45) is 11.3. The van der Waals surface area contributed by atoms with Gasteiger partial charge in [-0.3, -0.25) is 9.69 Å². The number of halogens is 3. The topological polar surface area (TPSA) is 80.5 Å². The fraction of sp³-hybridized carbons (Fsp3) is 0.346. The molecule has 0 aromatic rings. The predicted molar refractivity (Wildman–Crippen MR) is 136 cm³/mol. The van der Waals surface area contributed by atoms with E-state index in [0.717, 1.165) is 29.5 Å². The third-order valence-electron chi connectivity index (χ3n) is 4.35. The minimum Gasteiger partial charge on any atom is -0.386 e. The van der Waals surface area contributed by atoms with Gasteiger partial charge in [0.2, 0.25) is 12.4 Å². The fourth-order valence-electron chi connectivity index (χ4n) is 2.58. The van der Waals surface area contributed by atoms with E-state index in [-0.39, 0.29) is 18.1 Å². The summed E-state index contributed by atoms with van der Waals surface area (Å²) in [5, 5.41) is 15.0. The van der Waals surface area contributed by atoms with E-state index in [1.807, 2.05) is 39.8 Å². The molecule has 0 fully saturated rings. The maximum Gasteiger partial charge on any atom is 0.264 e. The van der Waals surface area contributed by atoms with E-state index in [4.69, 9.17) is 5.26 Å². The van der Waals surface area contributed by atoms with Crippen LogP contribution in [0, 0.1) is 11.3 Å². The molecule has 6 nitrogen and oxygen atoms in total. The van der Waals surface area contributed by atoms with Crippen molar-refractivity contribution in [3.63, 3.8) is 0 Å². The molecule has 0 unspecified atom stereocenters. The maximum atomic E-state index is 13.7. The molecule has 0 heterocycles. The highest BCUT2D eigenvalue weighted by molar-refractivity contribution is 5.91. The number of aliphatic imine (C=N–C) groups is 1. The molecule has 35 heavy (non-hydrogen) atoms. The van der Waals surface area contributed by atoms with Crippen molar-refractivity contribution in [2.24, 2.45) is 4.99 Å². The summed E-state index contributed by atoms with van der Waals surface area (Å²) in [5.74, 6) is -0.782. The quantitative estimate of drug-likeness (QED) is 0.0855. The average Bonchev–Trinajstić information content (AvgIpc) is 2.82. The van der Waals surface area contributed by atoms with Gasteiger partial charge in [0.25, 0.3) is 6.43 Å². The van der Waals surface area contributed by atoms with Crippen LogP contribution >= 0.6 is 0 Å². The minimum absolute atomic E-state index is 0.0519. The number of hydrogen-bond acceptors (Lipinski definition) is 4. The number of amides is 1. The molecule has 0 aliphatic heterocycles. The number of alkyl halides is 2. The molecule has 0 atom stereocenters. The van der Waals surface area contributed by atoms with Crippen LogP contribution < -0.4 is 10.6 Å². The molecule has 0 saturated carbocycles. The van der Waals surface area contributed by atoms with Gasteiger partial charge in [0, 0.05) is 36.3 Å². The molecule has 0 rings (SSSR count). The summed E-state index contributed by atoms with van der Waals surface area (Å²) < 4.78 is 40.9. The molecule has 0 aliphatic rings. The van der Waals surface area contributed by atoms with E-state index >= 15 is 0 Å². The zero-order valence-electron chi connectivity index (χ0n) is 20.9. The van der Waals surface area contributed by atoms with Crippen molar-refractivity contribution in [2.75, 3.05) is 13.1 Å². The molecule has 0 aliphatic carbocycles. The Bertz CT molecular complexity index is 960. The monoisotopic (exact) mass is 489 g/mol. The Morgan fingerprint density at radius 1 is 1.23 bits per heavy atom. The standard InChI is InChI=1S/C26H34F3N5O/c1-6-10-23(11-7-2)33-26(32-15-14-31-17-20(4)8-3)34(19-35)18-22(12-9-13-30)24(25(28)29)16-21(5)27/h6,8-12,14-16,19,25,31H,7,17-18H2,1-5H3,(H,32,33)/b10-6-,12-9+,15-14+,20-8-,21-16+,23-11+,24-22-. The van der Waals surface area contributed by atoms with Gasteiger partial charge in [0.1, 0.15) is 0 Å². The molecule has 1 amide bonds. The van der Waals surface area contributed by atoms with Crippen LogP contribution in [-0.4, -0.2) is 36.8 Å². The number of allylic oxidation sites excluding steroid dienone is 8. The summed E-state index contributed by atoms with van der Waals surface area (Å²) in [4.78, 5) is 17.4. The van der Waals surface area contributed by atoms with Crippen LogP contribution in [0.15, 0.2) is 88.2 Å². The first-order valence-electron chi connectivity index (χ1n) is 11.0. The molecule has 0 radical (unpaired) electrons. The Morgan fingerprint density at radius 2 is 1.94 bits per heavy atom. The Kier molecular flexibility index (Phi) is 16.6. The second-order valence-electron chi connectivity index (χ2n) is 7.19.